The highest BCUT2D eigenvalue weighted by Gasteiger charge is 2.38. The Kier molecular flexibility index (Phi) is 5.80. The third-order valence-corrected chi connectivity index (χ3v) is 4.70. The molecule has 5 heteroatoms. The summed E-state index contributed by atoms with van der Waals surface area (Å²) in [6, 6.07) is 10.4. The molecule has 1 aromatic carbocycles. The molecular weight excluding hydrogens is 278 g/mol. The Morgan fingerprint density at radius 3 is 2.59 bits per heavy atom. The number of anilines is 1. The van der Waals surface area contributed by atoms with E-state index in [2.05, 4.69) is 29.3 Å². The number of carbonyl (C=O) groups excluding carboxylic acids is 1. The molecule has 2 rings (SSSR count). The van der Waals surface area contributed by atoms with Crippen LogP contribution in [0.25, 0.3) is 0 Å². The topological polar surface area (TPSA) is 67.6 Å². The summed E-state index contributed by atoms with van der Waals surface area (Å²) < 4.78 is 5.35. The minimum Gasteiger partial charge on any atom is -0.381 e. The van der Waals surface area contributed by atoms with Crippen LogP contribution in [0.15, 0.2) is 30.3 Å². The number of amides is 1. The maximum Gasteiger partial charge on any atom is 0.227 e. The second-order valence-electron chi connectivity index (χ2n) is 6.10. The van der Waals surface area contributed by atoms with Gasteiger partial charge in [0.1, 0.15) is 0 Å². The van der Waals surface area contributed by atoms with Crippen molar-refractivity contribution < 1.29 is 9.53 Å². The molecule has 0 spiro atoms. The van der Waals surface area contributed by atoms with E-state index in [4.69, 9.17) is 10.5 Å². The van der Waals surface area contributed by atoms with Crippen LogP contribution in [0.3, 0.4) is 0 Å². The van der Waals surface area contributed by atoms with Crippen molar-refractivity contribution in [1.82, 2.24) is 5.32 Å². The average molecular weight is 305 g/mol. The molecule has 1 heterocycles. The van der Waals surface area contributed by atoms with Crippen LogP contribution in [-0.2, 0) is 9.53 Å². The Morgan fingerprint density at radius 1 is 1.36 bits per heavy atom. The fourth-order valence-electron chi connectivity index (χ4n) is 2.77. The number of para-hydroxylation sites is 1. The van der Waals surface area contributed by atoms with Gasteiger partial charge in [-0.3, -0.25) is 4.79 Å². The highest BCUT2D eigenvalue weighted by atomic mass is 16.5. The van der Waals surface area contributed by atoms with Crippen LogP contribution in [-0.4, -0.2) is 45.3 Å². The lowest BCUT2D eigenvalue weighted by atomic mass is 9.79. The fraction of sp³-hybridized carbons (Fsp3) is 0.588. The van der Waals surface area contributed by atoms with E-state index < -0.39 is 5.41 Å². The molecular formula is C17H27N3O2. The predicted molar refractivity (Wildman–Crippen MR) is 88.9 cm³/mol. The highest BCUT2D eigenvalue weighted by molar-refractivity contribution is 5.83. The van der Waals surface area contributed by atoms with E-state index in [1.54, 1.807) is 0 Å². The second-order valence-corrected chi connectivity index (χ2v) is 6.10. The summed E-state index contributed by atoms with van der Waals surface area (Å²) in [5.41, 5.74) is 6.56. The lowest BCUT2D eigenvalue weighted by Crippen LogP contribution is -2.51. The zero-order chi connectivity index (χ0) is 16.0. The van der Waals surface area contributed by atoms with Crippen LogP contribution in [0.5, 0.6) is 0 Å². The quantitative estimate of drug-likeness (QED) is 0.833. The summed E-state index contributed by atoms with van der Waals surface area (Å²) in [5.74, 6) is 0.0617. The minimum atomic E-state index is -0.455. The van der Waals surface area contributed by atoms with Gasteiger partial charge in [0.25, 0.3) is 0 Å². The van der Waals surface area contributed by atoms with Crippen LogP contribution in [0.1, 0.15) is 19.8 Å². The predicted octanol–water partition coefficient (Wildman–Crippen LogP) is 1.38. The first-order chi connectivity index (χ1) is 10.6. The smallest absolute Gasteiger partial charge is 0.227 e. The number of nitrogens with one attached hydrogen (secondary N) is 1. The van der Waals surface area contributed by atoms with Gasteiger partial charge in [-0.1, -0.05) is 18.2 Å². The highest BCUT2D eigenvalue weighted by Crippen LogP contribution is 2.29. The molecule has 1 aliphatic rings. The van der Waals surface area contributed by atoms with Crippen molar-refractivity contribution in [2.24, 2.45) is 11.1 Å². The number of likely N-dealkylation sites (N-methyl/N-ethyl adjacent to an activating group) is 1. The summed E-state index contributed by atoms with van der Waals surface area (Å²) in [6.45, 7) is 4.32. The first-order valence-electron chi connectivity index (χ1n) is 7.93. The Bertz CT molecular complexity index is 472. The van der Waals surface area contributed by atoms with Crippen molar-refractivity contribution in [3.05, 3.63) is 30.3 Å². The van der Waals surface area contributed by atoms with Crippen molar-refractivity contribution in [3.63, 3.8) is 0 Å². The van der Waals surface area contributed by atoms with Gasteiger partial charge < -0.3 is 20.7 Å². The summed E-state index contributed by atoms with van der Waals surface area (Å²) in [4.78, 5) is 14.7. The van der Waals surface area contributed by atoms with Crippen molar-refractivity contribution in [3.8, 4) is 0 Å². The van der Waals surface area contributed by atoms with Crippen LogP contribution in [0, 0.1) is 5.41 Å². The van der Waals surface area contributed by atoms with E-state index in [1.807, 2.05) is 25.2 Å². The molecule has 1 unspecified atom stereocenters. The SMILES string of the molecule is CC(CNC(=O)C1(CN)CCOCC1)N(C)c1ccccc1. The summed E-state index contributed by atoms with van der Waals surface area (Å²) >= 11 is 0. The maximum absolute atomic E-state index is 12.5. The Hall–Kier alpha value is -1.59. The fourth-order valence-corrected chi connectivity index (χ4v) is 2.77. The zero-order valence-electron chi connectivity index (χ0n) is 13.5. The van der Waals surface area contributed by atoms with Gasteiger partial charge in [0.15, 0.2) is 0 Å². The van der Waals surface area contributed by atoms with E-state index in [0.29, 0.717) is 39.1 Å². The van der Waals surface area contributed by atoms with E-state index >= 15 is 0 Å². The molecule has 0 aliphatic carbocycles. The van der Waals surface area contributed by atoms with E-state index in [9.17, 15) is 4.79 Å². The number of carbonyl (C=O) groups is 1. The molecule has 1 amide bonds. The molecule has 122 valence electrons. The lowest BCUT2D eigenvalue weighted by molar-refractivity contribution is -0.135. The molecule has 1 saturated heterocycles. The van der Waals surface area contributed by atoms with E-state index in [1.165, 1.54) is 0 Å². The molecule has 0 saturated carbocycles. The molecule has 1 aliphatic heterocycles. The Labute approximate surface area is 132 Å². The molecule has 0 aromatic heterocycles. The Morgan fingerprint density at radius 2 is 2.00 bits per heavy atom. The number of rotatable bonds is 6. The Balaban J connectivity index is 1.90. The monoisotopic (exact) mass is 305 g/mol. The first kappa shape index (κ1) is 16.8. The van der Waals surface area contributed by atoms with Crippen molar-refractivity contribution in [2.75, 3.05) is 38.3 Å². The van der Waals surface area contributed by atoms with Gasteiger partial charge in [-0.15, -0.1) is 0 Å². The van der Waals surface area contributed by atoms with Gasteiger partial charge in [-0.05, 0) is 31.9 Å². The van der Waals surface area contributed by atoms with Crippen molar-refractivity contribution >= 4 is 11.6 Å². The third kappa shape index (κ3) is 3.78. The van der Waals surface area contributed by atoms with Gasteiger partial charge in [-0.2, -0.15) is 0 Å². The number of nitrogens with two attached hydrogens (primary N) is 1. The molecule has 3 N–H and O–H groups in total. The molecule has 1 atom stereocenters. The largest absolute Gasteiger partial charge is 0.381 e. The normalized spacial score (nSPS) is 18.5. The van der Waals surface area contributed by atoms with Crippen molar-refractivity contribution in [2.45, 2.75) is 25.8 Å². The summed E-state index contributed by atoms with van der Waals surface area (Å²) in [6.07, 6.45) is 1.41. The standard InChI is InChI=1S/C17H27N3O2/c1-14(20(2)15-6-4-3-5-7-15)12-19-16(21)17(13-18)8-10-22-11-9-17/h3-7,14H,8-13,18H2,1-2H3,(H,19,21). The number of hydrogen-bond donors (Lipinski definition) is 2. The molecule has 0 bridgehead atoms. The molecule has 1 aromatic rings. The average Bonchev–Trinajstić information content (AvgIpc) is 2.59. The van der Waals surface area contributed by atoms with Gasteiger partial charge in [0.2, 0.25) is 5.91 Å². The molecule has 5 nitrogen and oxygen atoms in total. The third-order valence-electron chi connectivity index (χ3n) is 4.70. The van der Waals surface area contributed by atoms with Gasteiger partial charge in [0, 0.05) is 45.1 Å². The molecule has 22 heavy (non-hydrogen) atoms. The van der Waals surface area contributed by atoms with Gasteiger partial charge in [0.05, 0.1) is 5.41 Å². The number of nitrogens with zero attached hydrogens (tertiary/aromatic N) is 1. The minimum absolute atomic E-state index is 0.0617. The molecule has 1 fully saturated rings. The van der Waals surface area contributed by atoms with Crippen molar-refractivity contribution in [1.29, 1.82) is 0 Å². The zero-order valence-corrected chi connectivity index (χ0v) is 13.5. The number of hydrogen-bond acceptors (Lipinski definition) is 4. The second kappa shape index (κ2) is 7.61. The lowest BCUT2D eigenvalue weighted by Gasteiger charge is -2.35. The summed E-state index contributed by atoms with van der Waals surface area (Å²) in [7, 11) is 2.04. The maximum atomic E-state index is 12.5. The van der Waals surface area contributed by atoms with Crippen LogP contribution < -0.4 is 16.0 Å². The van der Waals surface area contributed by atoms with Gasteiger partial charge >= 0.3 is 0 Å². The molecule has 0 radical (unpaired) electrons. The summed E-state index contributed by atoms with van der Waals surface area (Å²) in [5, 5.41) is 3.08. The van der Waals surface area contributed by atoms with Crippen LogP contribution in [0.4, 0.5) is 5.69 Å². The van der Waals surface area contributed by atoms with Crippen LogP contribution in [0.2, 0.25) is 0 Å². The van der Waals surface area contributed by atoms with Gasteiger partial charge in [-0.25, -0.2) is 0 Å². The van der Waals surface area contributed by atoms with Crippen LogP contribution >= 0.6 is 0 Å². The van der Waals surface area contributed by atoms with E-state index in [-0.39, 0.29) is 11.9 Å². The first-order valence-corrected chi connectivity index (χ1v) is 7.93. The van der Waals surface area contributed by atoms with E-state index in [0.717, 1.165) is 5.69 Å². The number of benzene rings is 1. The number of ether oxygens (including phenoxy) is 1.